The lowest BCUT2D eigenvalue weighted by Crippen LogP contribution is -2.31. The van der Waals surface area contributed by atoms with E-state index in [0.717, 1.165) is 11.3 Å². The van der Waals surface area contributed by atoms with E-state index in [1.54, 1.807) is 24.0 Å². The molecule has 0 radical (unpaired) electrons. The van der Waals surface area contributed by atoms with Crippen LogP contribution in [0.2, 0.25) is 0 Å². The van der Waals surface area contributed by atoms with Crippen LogP contribution in [-0.4, -0.2) is 26.0 Å². The Kier molecular flexibility index (Phi) is 3.67. The van der Waals surface area contributed by atoms with Gasteiger partial charge in [0.05, 0.1) is 4.90 Å². The second kappa shape index (κ2) is 5.34. The number of benzene rings is 1. The summed E-state index contributed by atoms with van der Waals surface area (Å²) in [6.07, 6.45) is 0. The summed E-state index contributed by atoms with van der Waals surface area (Å²) in [5.41, 5.74) is 1.26. The summed E-state index contributed by atoms with van der Waals surface area (Å²) < 4.78 is 32.4. The molecule has 1 N–H and O–H groups in total. The van der Waals surface area contributed by atoms with Crippen molar-refractivity contribution in [2.45, 2.75) is 38.0 Å². The molecule has 1 aromatic heterocycles. The zero-order valence-corrected chi connectivity index (χ0v) is 14.8. The Hall–Kier alpha value is -2.35. The standard InChI is InChI=1S/C16H19N3O4S/c1-10-7-15(17-23-10)18-24(21,22)12-5-6-14-13(8-12)16(3,4)9-19(14)11(2)20/h5-8H,9H2,1-4H3,(H,17,18). The van der Waals surface area contributed by atoms with Gasteiger partial charge in [0.1, 0.15) is 5.76 Å². The molecule has 0 atom stereocenters. The van der Waals surface area contributed by atoms with E-state index in [0.29, 0.717) is 12.3 Å². The van der Waals surface area contributed by atoms with E-state index in [1.165, 1.54) is 19.1 Å². The Morgan fingerprint density at radius 2 is 2.04 bits per heavy atom. The third-order valence-electron chi connectivity index (χ3n) is 4.10. The maximum absolute atomic E-state index is 12.6. The fraction of sp³-hybridized carbons (Fsp3) is 0.375. The maximum Gasteiger partial charge on any atom is 0.263 e. The second-order valence-corrected chi connectivity index (χ2v) is 8.28. The third kappa shape index (κ3) is 2.77. The number of hydrogen-bond acceptors (Lipinski definition) is 5. The SMILES string of the molecule is CC(=O)N1CC(C)(C)c2cc(S(=O)(=O)Nc3cc(C)on3)ccc21. The van der Waals surface area contributed by atoms with Crippen LogP contribution in [0.1, 0.15) is 32.1 Å². The van der Waals surface area contributed by atoms with Gasteiger partial charge < -0.3 is 9.42 Å². The summed E-state index contributed by atoms with van der Waals surface area (Å²) in [6.45, 7) is 7.68. The number of nitrogens with zero attached hydrogens (tertiary/aromatic N) is 2. The first-order chi connectivity index (χ1) is 11.1. The number of sulfonamides is 1. The fourth-order valence-electron chi connectivity index (χ4n) is 2.92. The van der Waals surface area contributed by atoms with Gasteiger partial charge in [-0.25, -0.2) is 8.42 Å². The van der Waals surface area contributed by atoms with Crippen molar-refractivity contribution in [2.24, 2.45) is 0 Å². The van der Waals surface area contributed by atoms with Crippen LogP contribution in [-0.2, 0) is 20.2 Å². The quantitative estimate of drug-likeness (QED) is 0.919. The van der Waals surface area contributed by atoms with Gasteiger partial charge in [-0.2, -0.15) is 0 Å². The monoisotopic (exact) mass is 349 g/mol. The van der Waals surface area contributed by atoms with E-state index >= 15 is 0 Å². The minimum atomic E-state index is -3.79. The van der Waals surface area contributed by atoms with Crippen molar-refractivity contribution in [1.29, 1.82) is 0 Å². The second-order valence-electron chi connectivity index (χ2n) is 6.60. The molecule has 128 valence electrons. The molecule has 0 aliphatic carbocycles. The van der Waals surface area contributed by atoms with Gasteiger partial charge in [-0.15, -0.1) is 0 Å². The van der Waals surface area contributed by atoms with Crippen LogP contribution in [0.25, 0.3) is 0 Å². The van der Waals surface area contributed by atoms with E-state index in [9.17, 15) is 13.2 Å². The number of amides is 1. The number of nitrogens with one attached hydrogen (secondary N) is 1. The molecule has 0 fully saturated rings. The van der Waals surface area contributed by atoms with Crippen LogP contribution < -0.4 is 9.62 Å². The first-order valence-electron chi connectivity index (χ1n) is 7.49. The van der Waals surface area contributed by atoms with E-state index in [1.807, 2.05) is 13.8 Å². The molecule has 2 aromatic rings. The number of anilines is 2. The zero-order valence-electron chi connectivity index (χ0n) is 14.0. The van der Waals surface area contributed by atoms with E-state index in [-0.39, 0.29) is 22.0 Å². The van der Waals surface area contributed by atoms with Crippen molar-refractivity contribution < 1.29 is 17.7 Å². The third-order valence-corrected chi connectivity index (χ3v) is 5.45. The molecule has 24 heavy (non-hydrogen) atoms. The highest BCUT2D eigenvalue weighted by Gasteiger charge is 2.37. The van der Waals surface area contributed by atoms with Gasteiger partial charge in [-0.05, 0) is 30.7 Å². The lowest BCUT2D eigenvalue weighted by atomic mass is 9.87. The Morgan fingerprint density at radius 1 is 1.33 bits per heavy atom. The number of rotatable bonds is 3. The van der Waals surface area contributed by atoms with Crippen molar-refractivity contribution in [1.82, 2.24) is 5.16 Å². The Labute approximate surface area is 140 Å². The molecule has 8 heteroatoms. The van der Waals surface area contributed by atoms with Crippen molar-refractivity contribution in [3.05, 3.63) is 35.6 Å². The van der Waals surface area contributed by atoms with Crippen molar-refractivity contribution in [3.63, 3.8) is 0 Å². The van der Waals surface area contributed by atoms with E-state index in [2.05, 4.69) is 9.88 Å². The Bertz CT molecular complexity index is 915. The van der Waals surface area contributed by atoms with Gasteiger partial charge in [0.2, 0.25) is 5.91 Å². The minimum absolute atomic E-state index is 0.0615. The van der Waals surface area contributed by atoms with Crippen LogP contribution in [0.15, 0.2) is 33.7 Å². The zero-order chi connectivity index (χ0) is 17.7. The summed E-state index contributed by atoms with van der Waals surface area (Å²) in [4.78, 5) is 13.6. The molecule has 3 rings (SSSR count). The normalized spacial score (nSPS) is 16.1. The molecule has 2 heterocycles. The lowest BCUT2D eigenvalue weighted by Gasteiger charge is -2.19. The topological polar surface area (TPSA) is 92.5 Å². The van der Waals surface area contributed by atoms with Crippen molar-refractivity contribution >= 4 is 27.4 Å². The lowest BCUT2D eigenvalue weighted by molar-refractivity contribution is -0.116. The highest BCUT2D eigenvalue weighted by Crippen LogP contribution is 2.41. The van der Waals surface area contributed by atoms with Gasteiger partial charge in [0.15, 0.2) is 5.82 Å². The predicted octanol–water partition coefficient (Wildman–Crippen LogP) is 2.43. The number of carbonyl (C=O) groups is 1. The van der Waals surface area contributed by atoms with Crippen molar-refractivity contribution in [3.8, 4) is 0 Å². The molecule has 0 saturated heterocycles. The van der Waals surface area contributed by atoms with Gasteiger partial charge in [0, 0.05) is 30.6 Å². The number of carbonyl (C=O) groups excluding carboxylic acids is 1. The predicted molar refractivity (Wildman–Crippen MR) is 89.5 cm³/mol. The summed E-state index contributed by atoms with van der Waals surface area (Å²) in [6, 6.07) is 6.29. The Balaban J connectivity index is 2.01. The van der Waals surface area contributed by atoms with E-state index < -0.39 is 10.0 Å². The minimum Gasteiger partial charge on any atom is -0.360 e. The molecule has 0 spiro atoms. The van der Waals surface area contributed by atoms with Crippen LogP contribution in [0.5, 0.6) is 0 Å². The molecule has 7 nitrogen and oxygen atoms in total. The van der Waals surface area contributed by atoms with Gasteiger partial charge >= 0.3 is 0 Å². The molecule has 1 aliphatic rings. The van der Waals surface area contributed by atoms with Crippen LogP contribution in [0.4, 0.5) is 11.5 Å². The molecular weight excluding hydrogens is 330 g/mol. The molecule has 0 unspecified atom stereocenters. The van der Waals surface area contributed by atoms with Crippen LogP contribution >= 0.6 is 0 Å². The average molecular weight is 349 g/mol. The van der Waals surface area contributed by atoms with Crippen LogP contribution in [0.3, 0.4) is 0 Å². The fourth-order valence-corrected chi connectivity index (χ4v) is 3.93. The highest BCUT2D eigenvalue weighted by molar-refractivity contribution is 7.92. The maximum atomic E-state index is 12.6. The first kappa shape index (κ1) is 16.5. The summed E-state index contributed by atoms with van der Waals surface area (Å²) in [5, 5.41) is 3.64. The molecule has 1 aromatic carbocycles. The van der Waals surface area contributed by atoms with E-state index in [4.69, 9.17) is 4.52 Å². The molecule has 0 saturated carbocycles. The Morgan fingerprint density at radius 3 is 2.62 bits per heavy atom. The van der Waals surface area contributed by atoms with Crippen LogP contribution in [0, 0.1) is 6.92 Å². The smallest absolute Gasteiger partial charge is 0.263 e. The number of hydrogen-bond donors (Lipinski definition) is 1. The number of aryl methyl sites for hydroxylation is 1. The largest absolute Gasteiger partial charge is 0.360 e. The summed E-state index contributed by atoms with van der Waals surface area (Å²) in [7, 11) is -3.79. The van der Waals surface area contributed by atoms with Gasteiger partial charge in [-0.3, -0.25) is 9.52 Å². The molecule has 1 amide bonds. The van der Waals surface area contributed by atoms with Gasteiger partial charge in [-0.1, -0.05) is 19.0 Å². The number of aromatic nitrogens is 1. The summed E-state index contributed by atoms with van der Waals surface area (Å²) >= 11 is 0. The average Bonchev–Trinajstić information content (AvgIpc) is 2.99. The first-order valence-corrected chi connectivity index (χ1v) is 8.97. The number of fused-ring (bicyclic) bond motifs is 1. The summed E-state index contributed by atoms with van der Waals surface area (Å²) in [5.74, 6) is 0.589. The molecular formula is C16H19N3O4S. The van der Waals surface area contributed by atoms with Gasteiger partial charge in [0.25, 0.3) is 10.0 Å². The molecule has 1 aliphatic heterocycles. The van der Waals surface area contributed by atoms with Crippen molar-refractivity contribution in [2.75, 3.05) is 16.2 Å². The molecule has 0 bridgehead atoms. The highest BCUT2D eigenvalue weighted by atomic mass is 32.2.